The van der Waals surface area contributed by atoms with Crippen molar-refractivity contribution in [1.29, 1.82) is 0 Å². The van der Waals surface area contributed by atoms with Gasteiger partial charge >= 0.3 is 0 Å². The molecule has 3 nitrogen and oxygen atoms in total. The molecule has 0 fully saturated rings. The van der Waals surface area contributed by atoms with Crippen LogP contribution in [0.5, 0.6) is 0 Å². The zero-order valence-electron chi connectivity index (χ0n) is 7.60. The lowest BCUT2D eigenvalue weighted by atomic mass is 10.3. The van der Waals surface area contributed by atoms with Crippen LogP contribution in [0, 0.1) is 0 Å². The van der Waals surface area contributed by atoms with Crippen LogP contribution in [0.1, 0.15) is 33.1 Å². The molecule has 0 radical (unpaired) electrons. The maximum atomic E-state index is 10.0. The van der Waals surface area contributed by atoms with Gasteiger partial charge in [0.2, 0.25) is 0 Å². The summed E-state index contributed by atoms with van der Waals surface area (Å²) in [4.78, 5) is 10.0. The molecule has 0 saturated heterocycles. The molecule has 68 valence electrons. The summed E-state index contributed by atoms with van der Waals surface area (Å²) in [5, 5.41) is 0. The van der Waals surface area contributed by atoms with Gasteiger partial charge in [0.1, 0.15) is 5.78 Å². The maximum absolute atomic E-state index is 10.0. The van der Waals surface area contributed by atoms with Gasteiger partial charge in [-0.25, -0.2) is 0 Å². The van der Waals surface area contributed by atoms with Crippen molar-refractivity contribution in [2.24, 2.45) is 11.5 Å². The van der Waals surface area contributed by atoms with Crippen LogP contribution in [-0.2, 0) is 4.79 Å². The van der Waals surface area contributed by atoms with Crippen LogP contribution < -0.4 is 11.5 Å². The minimum absolute atomic E-state index is 0.289. The highest BCUT2D eigenvalue weighted by molar-refractivity contribution is 5.75. The summed E-state index contributed by atoms with van der Waals surface area (Å²) in [5.41, 5.74) is 10.1. The summed E-state index contributed by atoms with van der Waals surface area (Å²) in [5.74, 6) is 0.289. The van der Waals surface area contributed by atoms with E-state index in [9.17, 15) is 4.79 Å². The predicted octanol–water partition coefficient (Wildman–Crippen LogP) is 0.669. The second kappa shape index (κ2) is 12.3. The zero-order chi connectivity index (χ0) is 9.11. The summed E-state index contributed by atoms with van der Waals surface area (Å²) in [7, 11) is 0. The standard InChI is InChI=1S/C5H10O.C3H10N2/c1-3-4-5(2)6;4-2-1-3-5/h3-4H2,1-2H3;1-5H2. The van der Waals surface area contributed by atoms with Crippen LogP contribution in [0.4, 0.5) is 0 Å². The number of carbonyl (C=O) groups is 1. The smallest absolute Gasteiger partial charge is 0.129 e. The molecule has 0 aromatic rings. The highest BCUT2D eigenvalue weighted by atomic mass is 16.1. The van der Waals surface area contributed by atoms with Crippen LogP contribution in [0.3, 0.4) is 0 Å². The van der Waals surface area contributed by atoms with Crippen LogP contribution in [0.25, 0.3) is 0 Å². The van der Waals surface area contributed by atoms with Crippen molar-refractivity contribution in [3.05, 3.63) is 0 Å². The Balaban J connectivity index is 0. The van der Waals surface area contributed by atoms with Gasteiger partial charge in [-0.05, 0) is 32.9 Å². The van der Waals surface area contributed by atoms with Gasteiger partial charge in [0.15, 0.2) is 0 Å². The monoisotopic (exact) mass is 160 g/mol. The molecule has 0 aromatic carbocycles. The summed E-state index contributed by atoms with van der Waals surface area (Å²) in [6, 6.07) is 0. The van der Waals surface area contributed by atoms with Crippen molar-refractivity contribution in [3.8, 4) is 0 Å². The third-order valence-corrected chi connectivity index (χ3v) is 1.01. The molecule has 0 saturated carbocycles. The average Bonchev–Trinajstić information content (AvgIpc) is 1.90. The quantitative estimate of drug-likeness (QED) is 0.635. The van der Waals surface area contributed by atoms with Gasteiger partial charge in [0.25, 0.3) is 0 Å². The van der Waals surface area contributed by atoms with E-state index in [1.807, 2.05) is 6.92 Å². The van der Waals surface area contributed by atoms with E-state index < -0.39 is 0 Å². The van der Waals surface area contributed by atoms with Crippen molar-refractivity contribution in [2.75, 3.05) is 13.1 Å². The molecule has 0 aliphatic carbocycles. The molecule has 0 unspecified atom stereocenters. The lowest BCUT2D eigenvalue weighted by Gasteiger charge is -1.81. The van der Waals surface area contributed by atoms with E-state index in [1.165, 1.54) is 0 Å². The second-order valence-corrected chi connectivity index (χ2v) is 2.38. The summed E-state index contributed by atoms with van der Waals surface area (Å²) < 4.78 is 0. The summed E-state index contributed by atoms with van der Waals surface area (Å²) in [6.07, 6.45) is 2.66. The minimum Gasteiger partial charge on any atom is -0.330 e. The fraction of sp³-hybridized carbons (Fsp3) is 0.875. The van der Waals surface area contributed by atoms with Crippen LogP contribution >= 0.6 is 0 Å². The first-order valence-electron chi connectivity index (χ1n) is 4.08. The molecule has 0 bridgehead atoms. The van der Waals surface area contributed by atoms with E-state index in [4.69, 9.17) is 11.5 Å². The topological polar surface area (TPSA) is 69.1 Å². The van der Waals surface area contributed by atoms with Gasteiger partial charge in [0, 0.05) is 6.42 Å². The van der Waals surface area contributed by atoms with Gasteiger partial charge in [-0.3, -0.25) is 0 Å². The predicted molar refractivity (Wildman–Crippen MR) is 48.3 cm³/mol. The molecule has 0 aliphatic heterocycles. The van der Waals surface area contributed by atoms with Crippen molar-refractivity contribution in [2.45, 2.75) is 33.1 Å². The van der Waals surface area contributed by atoms with Crippen molar-refractivity contribution >= 4 is 5.78 Å². The van der Waals surface area contributed by atoms with E-state index in [1.54, 1.807) is 6.92 Å². The Hall–Kier alpha value is -0.410. The Bertz CT molecular complexity index is 82.2. The van der Waals surface area contributed by atoms with Crippen LogP contribution in [0.15, 0.2) is 0 Å². The molecule has 0 rings (SSSR count). The lowest BCUT2D eigenvalue weighted by Crippen LogP contribution is -2.06. The Morgan fingerprint density at radius 3 is 1.73 bits per heavy atom. The first-order valence-corrected chi connectivity index (χ1v) is 4.08. The van der Waals surface area contributed by atoms with Crippen LogP contribution in [-0.4, -0.2) is 18.9 Å². The molecule has 0 aromatic heterocycles. The van der Waals surface area contributed by atoms with Gasteiger partial charge in [-0.2, -0.15) is 0 Å². The highest BCUT2D eigenvalue weighted by Gasteiger charge is 1.83. The Kier molecular flexibility index (Phi) is 14.7. The third-order valence-electron chi connectivity index (χ3n) is 1.01. The SMILES string of the molecule is CCCC(C)=O.NCCCN. The number of hydrogen-bond acceptors (Lipinski definition) is 3. The molecule has 4 N–H and O–H groups in total. The van der Waals surface area contributed by atoms with E-state index in [0.717, 1.165) is 32.4 Å². The zero-order valence-corrected chi connectivity index (χ0v) is 7.60. The van der Waals surface area contributed by atoms with E-state index >= 15 is 0 Å². The molecule has 3 heteroatoms. The number of Topliss-reactive ketones (excluding diaryl/α,β-unsaturated/α-hetero) is 1. The third kappa shape index (κ3) is 26.2. The Morgan fingerprint density at radius 2 is 1.73 bits per heavy atom. The number of nitrogens with two attached hydrogens (primary N) is 2. The van der Waals surface area contributed by atoms with E-state index in [2.05, 4.69) is 0 Å². The van der Waals surface area contributed by atoms with E-state index in [-0.39, 0.29) is 5.78 Å². The second-order valence-electron chi connectivity index (χ2n) is 2.38. The first-order chi connectivity index (χ1) is 5.18. The van der Waals surface area contributed by atoms with Gasteiger partial charge in [0.05, 0.1) is 0 Å². The van der Waals surface area contributed by atoms with Crippen molar-refractivity contribution in [3.63, 3.8) is 0 Å². The Labute approximate surface area is 69.1 Å². The molecular formula is C8H20N2O. The van der Waals surface area contributed by atoms with Crippen molar-refractivity contribution < 1.29 is 4.79 Å². The fourth-order valence-corrected chi connectivity index (χ4v) is 0.470. The molecule has 11 heavy (non-hydrogen) atoms. The average molecular weight is 160 g/mol. The highest BCUT2D eigenvalue weighted by Crippen LogP contribution is 1.84. The molecule has 0 aliphatic rings. The molecule has 0 amide bonds. The largest absolute Gasteiger partial charge is 0.330 e. The summed E-state index contributed by atoms with van der Waals surface area (Å²) >= 11 is 0. The number of ketones is 1. The Morgan fingerprint density at radius 1 is 1.27 bits per heavy atom. The summed E-state index contributed by atoms with van der Waals surface area (Å²) in [6.45, 7) is 5.05. The lowest BCUT2D eigenvalue weighted by molar-refractivity contribution is -0.117. The minimum atomic E-state index is 0.289. The number of hydrogen-bond donors (Lipinski definition) is 2. The van der Waals surface area contributed by atoms with Crippen molar-refractivity contribution in [1.82, 2.24) is 0 Å². The van der Waals surface area contributed by atoms with Gasteiger partial charge in [-0.15, -0.1) is 0 Å². The number of carbonyl (C=O) groups excluding carboxylic acids is 1. The molecule has 0 spiro atoms. The van der Waals surface area contributed by atoms with Gasteiger partial charge in [-0.1, -0.05) is 6.92 Å². The molecular weight excluding hydrogens is 140 g/mol. The maximum Gasteiger partial charge on any atom is 0.129 e. The normalized spacial score (nSPS) is 8.36. The van der Waals surface area contributed by atoms with Gasteiger partial charge < -0.3 is 16.3 Å². The molecule has 0 atom stereocenters. The van der Waals surface area contributed by atoms with E-state index in [0.29, 0.717) is 0 Å². The molecule has 0 heterocycles. The fourth-order valence-electron chi connectivity index (χ4n) is 0.470. The van der Waals surface area contributed by atoms with Crippen LogP contribution in [0.2, 0.25) is 0 Å². The first kappa shape index (κ1) is 13.2. The number of rotatable bonds is 4.